The Morgan fingerprint density at radius 2 is 1.88 bits per heavy atom. The van der Waals surface area contributed by atoms with Crippen LogP contribution in [0.1, 0.15) is 23.2 Å². The molecule has 2 aromatic carbocycles. The number of hydrogen-bond acceptors (Lipinski definition) is 4. The molecule has 0 fully saturated rings. The first kappa shape index (κ1) is 18.6. The van der Waals surface area contributed by atoms with Crippen molar-refractivity contribution in [2.24, 2.45) is 7.05 Å². The van der Waals surface area contributed by atoms with Crippen LogP contribution < -0.4 is 0 Å². The second-order valence-corrected chi connectivity index (χ2v) is 7.20. The fraction of sp³-hybridized carbons (Fsp3) is 0.211. The highest BCUT2D eigenvalue weighted by Crippen LogP contribution is 2.28. The molecule has 3 aromatic rings. The van der Waals surface area contributed by atoms with E-state index in [2.05, 4.69) is 10.2 Å². The lowest BCUT2D eigenvalue weighted by Gasteiger charge is -2.05. The number of carbonyl (C=O) groups is 1. The van der Waals surface area contributed by atoms with E-state index in [1.807, 2.05) is 35.9 Å². The van der Waals surface area contributed by atoms with Crippen molar-refractivity contribution in [2.75, 3.05) is 5.75 Å². The summed E-state index contributed by atoms with van der Waals surface area (Å²) in [6, 6.07) is 13.1. The molecule has 7 heteroatoms. The number of benzene rings is 2. The lowest BCUT2D eigenvalue weighted by molar-refractivity contribution is 0.0982. The van der Waals surface area contributed by atoms with Crippen LogP contribution in [0.3, 0.4) is 0 Å². The van der Waals surface area contributed by atoms with Gasteiger partial charge in [-0.3, -0.25) is 4.79 Å². The number of ketones is 1. The van der Waals surface area contributed by atoms with E-state index in [4.69, 9.17) is 11.6 Å². The summed E-state index contributed by atoms with van der Waals surface area (Å²) >= 11 is 7.76. The molecule has 0 saturated carbocycles. The zero-order valence-electron chi connectivity index (χ0n) is 14.2. The van der Waals surface area contributed by atoms with E-state index in [0.717, 1.165) is 16.5 Å². The minimum absolute atomic E-state index is 0.0142. The van der Waals surface area contributed by atoms with Crippen LogP contribution in [-0.2, 0) is 7.05 Å². The molecule has 26 heavy (non-hydrogen) atoms. The smallest absolute Gasteiger partial charge is 0.191 e. The van der Waals surface area contributed by atoms with Gasteiger partial charge in [0.25, 0.3) is 0 Å². The predicted octanol–water partition coefficient (Wildman–Crippen LogP) is 5.03. The molecule has 4 nitrogen and oxygen atoms in total. The number of rotatable bonds is 7. The Morgan fingerprint density at radius 3 is 2.62 bits per heavy atom. The zero-order valence-corrected chi connectivity index (χ0v) is 15.7. The third kappa shape index (κ3) is 4.31. The summed E-state index contributed by atoms with van der Waals surface area (Å²) in [4.78, 5) is 12.1. The van der Waals surface area contributed by atoms with Crippen LogP contribution in [-0.4, -0.2) is 26.3 Å². The second-order valence-electron chi connectivity index (χ2n) is 5.73. The molecule has 0 N–H and O–H groups in total. The van der Waals surface area contributed by atoms with Crippen molar-refractivity contribution in [1.82, 2.24) is 14.8 Å². The Balaban J connectivity index is 1.55. The quantitative estimate of drug-likeness (QED) is 0.323. The Labute approximate surface area is 160 Å². The fourth-order valence-corrected chi connectivity index (χ4v) is 3.56. The number of thioether (sulfide) groups is 1. The van der Waals surface area contributed by atoms with E-state index in [1.54, 1.807) is 11.8 Å². The average Bonchev–Trinajstić information content (AvgIpc) is 3.00. The molecule has 0 bridgehead atoms. The number of nitrogens with zero attached hydrogens (tertiary/aromatic N) is 3. The van der Waals surface area contributed by atoms with E-state index in [1.165, 1.54) is 24.3 Å². The molecular weight excluding hydrogens is 373 g/mol. The standard InChI is InChI=1S/C19H17ClFN3OS/c1-24-18(15-5-2-3-6-16(15)20)22-23-19(24)26-12-4-7-17(25)13-8-10-14(21)11-9-13/h2-3,5-6,8-11H,4,7,12H2,1H3. The molecule has 3 rings (SSSR count). The van der Waals surface area contributed by atoms with E-state index in [9.17, 15) is 9.18 Å². The highest BCUT2D eigenvalue weighted by Gasteiger charge is 2.13. The van der Waals surface area contributed by atoms with Gasteiger partial charge in [-0.15, -0.1) is 10.2 Å². The first-order valence-electron chi connectivity index (χ1n) is 8.12. The summed E-state index contributed by atoms with van der Waals surface area (Å²) in [5.74, 6) is 1.12. The molecule has 0 spiro atoms. The van der Waals surface area contributed by atoms with E-state index >= 15 is 0 Å². The molecule has 0 saturated heterocycles. The lowest BCUT2D eigenvalue weighted by Crippen LogP contribution is -2.00. The highest BCUT2D eigenvalue weighted by atomic mass is 35.5. The molecule has 1 heterocycles. The normalized spacial score (nSPS) is 10.9. The Hall–Kier alpha value is -2.18. The van der Waals surface area contributed by atoms with Crippen LogP contribution in [0.15, 0.2) is 53.7 Å². The zero-order chi connectivity index (χ0) is 18.5. The number of aromatic nitrogens is 3. The SMILES string of the molecule is Cn1c(SCCCC(=O)c2ccc(F)cc2)nnc1-c1ccccc1Cl. The average molecular weight is 390 g/mol. The van der Waals surface area contributed by atoms with Crippen LogP contribution in [0.5, 0.6) is 0 Å². The van der Waals surface area contributed by atoms with Gasteiger partial charge >= 0.3 is 0 Å². The van der Waals surface area contributed by atoms with Gasteiger partial charge in [-0.05, 0) is 42.8 Å². The van der Waals surface area contributed by atoms with Gasteiger partial charge in [-0.25, -0.2) is 4.39 Å². The van der Waals surface area contributed by atoms with Crippen molar-refractivity contribution in [3.63, 3.8) is 0 Å². The van der Waals surface area contributed by atoms with Crippen LogP contribution in [0.2, 0.25) is 5.02 Å². The summed E-state index contributed by atoms with van der Waals surface area (Å²) in [7, 11) is 1.89. The van der Waals surface area contributed by atoms with Crippen LogP contribution in [0, 0.1) is 5.82 Å². The van der Waals surface area contributed by atoms with Gasteiger partial charge < -0.3 is 4.57 Å². The molecule has 0 amide bonds. The van der Waals surface area contributed by atoms with Crippen LogP contribution in [0.4, 0.5) is 4.39 Å². The molecular formula is C19H17ClFN3OS. The van der Waals surface area contributed by atoms with Gasteiger partial charge in [0.2, 0.25) is 0 Å². The minimum atomic E-state index is -0.339. The van der Waals surface area contributed by atoms with Crippen molar-refractivity contribution in [3.8, 4) is 11.4 Å². The number of Topliss-reactive ketones (excluding diaryl/α,β-unsaturated/α-hetero) is 1. The first-order chi connectivity index (χ1) is 12.6. The molecule has 1 aromatic heterocycles. The third-order valence-electron chi connectivity index (χ3n) is 3.90. The maximum atomic E-state index is 12.9. The molecule has 0 unspecified atom stereocenters. The lowest BCUT2D eigenvalue weighted by atomic mass is 10.1. The molecule has 0 atom stereocenters. The Kier molecular flexibility index (Phi) is 6.06. The van der Waals surface area contributed by atoms with Gasteiger partial charge in [0.05, 0.1) is 5.02 Å². The van der Waals surface area contributed by atoms with Gasteiger partial charge in [0, 0.05) is 30.3 Å². The van der Waals surface area contributed by atoms with Crippen molar-refractivity contribution >= 4 is 29.1 Å². The van der Waals surface area contributed by atoms with Crippen molar-refractivity contribution < 1.29 is 9.18 Å². The topological polar surface area (TPSA) is 47.8 Å². The van der Waals surface area contributed by atoms with E-state index in [0.29, 0.717) is 29.3 Å². The molecule has 0 aliphatic rings. The van der Waals surface area contributed by atoms with Gasteiger partial charge in [0.1, 0.15) is 5.82 Å². The molecule has 0 aliphatic carbocycles. The number of halogens is 2. The predicted molar refractivity (Wildman–Crippen MR) is 102 cm³/mol. The van der Waals surface area contributed by atoms with Crippen LogP contribution in [0.25, 0.3) is 11.4 Å². The molecule has 0 radical (unpaired) electrons. The van der Waals surface area contributed by atoms with E-state index < -0.39 is 0 Å². The maximum Gasteiger partial charge on any atom is 0.191 e. The number of hydrogen-bond donors (Lipinski definition) is 0. The van der Waals surface area contributed by atoms with Gasteiger partial charge in [-0.1, -0.05) is 35.5 Å². The summed E-state index contributed by atoms with van der Waals surface area (Å²) in [5, 5.41) is 9.83. The molecule has 0 aliphatic heterocycles. The fourth-order valence-electron chi connectivity index (χ4n) is 2.49. The van der Waals surface area contributed by atoms with Gasteiger partial charge in [0.15, 0.2) is 16.8 Å². The summed E-state index contributed by atoms with van der Waals surface area (Å²) in [6.07, 6.45) is 1.11. The highest BCUT2D eigenvalue weighted by molar-refractivity contribution is 7.99. The summed E-state index contributed by atoms with van der Waals surface area (Å²) < 4.78 is 14.8. The third-order valence-corrected chi connectivity index (χ3v) is 5.33. The van der Waals surface area contributed by atoms with Gasteiger partial charge in [-0.2, -0.15) is 0 Å². The molecule has 134 valence electrons. The van der Waals surface area contributed by atoms with Crippen molar-refractivity contribution in [2.45, 2.75) is 18.0 Å². The maximum absolute atomic E-state index is 12.9. The van der Waals surface area contributed by atoms with E-state index in [-0.39, 0.29) is 11.6 Å². The number of carbonyl (C=O) groups excluding carboxylic acids is 1. The summed E-state index contributed by atoms with van der Waals surface area (Å²) in [6.45, 7) is 0. The van der Waals surface area contributed by atoms with Crippen molar-refractivity contribution in [1.29, 1.82) is 0 Å². The first-order valence-corrected chi connectivity index (χ1v) is 9.48. The minimum Gasteiger partial charge on any atom is -0.305 e. The monoisotopic (exact) mass is 389 g/mol. The largest absolute Gasteiger partial charge is 0.305 e. The second kappa shape index (κ2) is 8.47. The van der Waals surface area contributed by atoms with Crippen LogP contribution >= 0.6 is 23.4 Å². The van der Waals surface area contributed by atoms with Crippen molar-refractivity contribution in [3.05, 3.63) is 64.9 Å². The Bertz CT molecular complexity index is 911. The summed E-state index contributed by atoms with van der Waals surface area (Å²) in [5.41, 5.74) is 1.37. The Morgan fingerprint density at radius 1 is 1.15 bits per heavy atom.